The molecule has 0 aromatic heterocycles. The number of anilines is 1. The molecule has 0 fully saturated rings. The van der Waals surface area contributed by atoms with E-state index < -0.39 is 0 Å². The number of para-hydroxylation sites is 1. The van der Waals surface area contributed by atoms with Crippen LogP contribution in [0.3, 0.4) is 0 Å². The second kappa shape index (κ2) is 5.39. The lowest BCUT2D eigenvalue weighted by atomic mass is 9.98. The average Bonchev–Trinajstić information content (AvgIpc) is 2.89. The molecular formula is C18H20N2S. The second-order valence-electron chi connectivity index (χ2n) is 6.05. The summed E-state index contributed by atoms with van der Waals surface area (Å²) in [5.74, 6) is 0. The zero-order chi connectivity index (χ0) is 14.2. The van der Waals surface area contributed by atoms with Crippen molar-refractivity contribution >= 4 is 17.4 Å². The summed E-state index contributed by atoms with van der Waals surface area (Å²) in [6.07, 6.45) is 2.18. The van der Waals surface area contributed by atoms with E-state index in [-0.39, 0.29) is 6.04 Å². The Labute approximate surface area is 130 Å². The largest absolute Gasteiger partial charge is 0.369 e. The topological polar surface area (TPSA) is 29.3 Å². The molecule has 0 saturated carbocycles. The van der Waals surface area contributed by atoms with Crippen molar-refractivity contribution in [2.24, 2.45) is 5.73 Å². The lowest BCUT2D eigenvalue weighted by Gasteiger charge is -2.36. The van der Waals surface area contributed by atoms with E-state index in [1.54, 1.807) is 0 Å². The summed E-state index contributed by atoms with van der Waals surface area (Å²) in [6.45, 7) is 2.06. The summed E-state index contributed by atoms with van der Waals surface area (Å²) in [7, 11) is 0. The van der Waals surface area contributed by atoms with E-state index in [1.807, 2.05) is 11.8 Å². The molecule has 0 amide bonds. The van der Waals surface area contributed by atoms with Crippen LogP contribution < -0.4 is 10.6 Å². The molecule has 2 aliphatic rings. The van der Waals surface area contributed by atoms with Crippen LogP contribution in [0, 0.1) is 0 Å². The predicted octanol–water partition coefficient (Wildman–Crippen LogP) is 3.09. The van der Waals surface area contributed by atoms with Crippen molar-refractivity contribution in [2.75, 3.05) is 18.0 Å². The van der Waals surface area contributed by atoms with E-state index in [0.29, 0.717) is 5.25 Å². The van der Waals surface area contributed by atoms with Crippen molar-refractivity contribution in [3.63, 3.8) is 0 Å². The first kappa shape index (κ1) is 13.2. The van der Waals surface area contributed by atoms with E-state index >= 15 is 0 Å². The van der Waals surface area contributed by atoms with Gasteiger partial charge in [0.15, 0.2) is 0 Å². The zero-order valence-electron chi connectivity index (χ0n) is 12.0. The third-order valence-electron chi connectivity index (χ3n) is 4.41. The van der Waals surface area contributed by atoms with Crippen LogP contribution in [0.5, 0.6) is 0 Å². The van der Waals surface area contributed by atoms with E-state index in [2.05, 4.69) is 53.4 Å². The SMILES string of the molecule is NC1Cc2ccccc2N(CC2Cc3ccccc3S2)C1. The molecule has 2 atom stereocenters. The highest BCUT2D eigenvalue weighted by atomic mass is 32.2. The van der Waals surface area contributed by atoms with Gasteiger partial charge in [-0.2, -0.15) is 0 Å². The highest BCUT2D eigenvalue weighted by molar-refractivity contribution is 8.00. The van der Waals surface area contributed by atoms with Gasteiger partial charge in [-0.15, -0.1) is 11.8 Å². The Morgan fingerprint density at radius 3 is 2.62 bits per heavy atom. The molecule has 2 heterocycles. The number of benzene rings is 2. The summed E-state index contributed by atoms with van der Waals surface area (Å²) >= 11 is 2.02. The Kier molecular flexibility index (Phi) is 3.40. The fourth-order valence-corrected chi connectivity index (χ4v) is 4.83. The highest BCUT2D eigenvalue weighted by Gasteiger charge is 2.27. The number of rotatable bonds is 2. The van der Waals surface area contributed by atoms with Crippen molar-refractivity contribution < 1.29 is 0 Å². The second-order valence-corrected chi connectivity index (χ2v) is 7.39. The molecule has 4 rings (SSSR count). The number of nitrogens with two attached hydrogens (primary N) is 1. The summed E-state index contributed by atoms with van der Waals surface area (Å²) in [5, 5.41) is 0.640. The van der Waals surface area contributed by atoms with Crippen LogP contribution in [-0.4, -0.2) is 24.4 Å². The van der Waals surface area contributed by atoms with Crippen molar-refractivity contribution in [1.82, 2.24) is 0 Å². The number of thioether (sulfide) groups is 1. The third-order valence-corrected chi connectivity index (χ3v) is 5.71. The lowest BCUT2D eigenvalue weighted by molar-refractivity contribution is 0.594. The van der Waals surface area contributed by atoms with Crippen molar-refractivity contribution in [3.8, 4) is 0 Å². The number of hydrogen-bond donors (Lipinski definition) is 1. The molecule has 0 radical (unpaired) electrons. The Hall–Kier alpha value is -1.45. The molecule has 0 spiro atoms. The maximum Gasteiger partial charge on any atom is 0.0400 e. The maximum atomic E-state index is 6.25. The minimum Gasteiger partial charge on any atom is -0.369 e. The predicted molar refractivity (Wildman–Crippen MR) is 90.1 cm³/mol. The van der Waals surface area contributed by atoms with Crippen LogP contribution in [0.2, 0.25) is 0 Å². The molecule has 0 aliphatic carbocycles. The van der Waals surface area contributed by atoms with Crippen LogP contribution in [0.4, 0.5) is 5.69 Å². The highest BCUT2D eigenvalue weighted by Crippen LogP contribution is 2.38. The molecule has 2 unspecified atom stereocenters. The van der Waals surface area contributed by atoms with E-state index in [9.17, 15) is 0 Å². The van der Waals surface area contributed by atoms with Gasteiger partial charge in [0.2, 0.25) is 0 Å². The minimum atomic E-state index is 0.258. The van der Waals surface area contributed by atoms with Gasteiger partial charge in [0.05, 0.1) is 0 Å². The van der Waals surface area contributed by atoms with Gasteiger partial charge in [-0.1, -0.05) is 36.4 Å². The van der Waals surface area contributed by atoms with Crippen molar-refractivity contribution in [2.45, 2.75) is 29.0 Å². The molecule has 2 N–H and O–H groups in total. The smallest absolute Gasteiger partial charge is 0.0400 e. The van der Waals surface area contributed by atoms with E-state index in [4.69, 9.17) is 5.73 Å². The van der Waals surface area contributed by atoms with Crippen LogP contribution in [0.25, 0.3) is 0 Å². The fraction of sp³-hybridized carbons (Fsp3) is 0.333. The fourth-order valence-electron chi connectivity index (χ4n) is 3.49. The molecule has 2 aromatic carbocycles. The molecule has 2 aliphatic heterocycles. The van der Waals surface area contributed by atoms with Crippen LogP contribution in [0.15, 0.2) is 53.4 Å². The van der Waals surface area contributed by atoms with Gasteiger partial charge in [0.25, 0.3) is 0 Å². The molecule has 0 saturated heterocycles. The lowest BCUT2D eigenvalue weighted by Crippen LogP contribution is -2.45. The van der Waals surface area contributed by atoms with Crippen molar-refractivity contribution in [3.05, 3.63) is 59.7 Å². The first-order valence-electron chi connectivity index (χ1n) is 7.62. The quantitative estimate of drug-likeness (QED) is 0.923. The van der Waals surface area contributed by atoms with Gasteiger partial charge >= 0.3 is 0 Å². The standard InChI is InChI=1S/C18H20N2S/c19-15-9-13-5-1-3-7-17(13)20(11-15)12-16-10-14-6-2-4-8-18(14)21-16/h1-8,15-16H,9-12,19H2. The Balaban J connectivity index is 1.54. The Morgan fingerprint density at radius 1 is 1.00 bits per heavy atom. The number of nitrogens with zero attached hydrogens (tertiary/aromatic N) is 1. The first-order chi connectivity index (χ1) is 10.3. The van der Waals surface area contributed by atoms with Gasteiger partial charge in [-0.25, -0.2) is 0 Å². The van der Waals surface area contributed by atoms with Crippen LogP contribution in [0.1, 0.15) is 11.1 Å². The molecule has 21 heavy (non-hydrogen) atoms. The van der Waals surface area contributed by atoms with Crippen LogP contribution in [-0.2, 0) is 12.8 Å². The van der Waals surface area contributed by atoms with Gasteiger partial charge in [0.1, 0.15) is 0 Å². The summed E-state index contributed by atoms with van der Waals surface area (Å²) in [6, 6.07) is 17.8. The summed E-state index contributed by atoms with van der Waals surface area (Å²) in [5.41, 5.74) is 10.5. The van der Waals surface area contributed by atoms with Gasteiger partial charge in [-0.3, -0.25) is 0 Å². The third kappa shape index (κ3) is 2.56. The Bertz CT molecular complexity index is 630. The molecule has 0 bridgehead atoms. The maximum absolute atomic E-state index is 6.25. The monoisotopic (exact) mass is 296 g/mol. The minimum absolute atomic E-state index is 0.258. The van der Waals surface area contributed by atoms with E-state index in [0.717, 1.165) is 19.5 Å². The van der Waals surface area contributed by atoms with Crippen molar-refractivity contribution in [1.29, 1.82) is 0 Å². The summed E-state index contributed by atoms with van der Waals surface area (Å²) < 4.78 is 0. The molecular weight excluding hydrogens is 276 g/mol. The van der Waals surface area contributed by atoms with Gasteiger partial charge in [0, 0.05) is 35.0 Å². The van der Waals surface area contributed by atoms with Gasteiger partial charge < -0.3 is 10.6 Å². The number of hydrogen-bond acceptors (Lipinski definition) is 3. The van der Waals surface area contributed by atoms with Gasteiger partial charge in [-0.05, 0) is 36.1 Å². The first-order valence-corrected chi connectivity index (χ1v) is 8.50. The number of fused-ring (bicyclic) bond motifs is 2. The molecule has 3 heteroatoms. The molecule has 2 aromatic rings. The van der Waals surface area contributed by atoms with E-state index in [1.165, 1.54) is 28.1 Å². The molecule has 2 nitrogen and oxygen atoms in total. The Morgan fingerprint density at radius 2 is 1.76 bits per heavy atom. The average molecular weight is 296 g/mol. The molecule has 108 valence electrons. The normalized spacial score (nSPS) is 23.8. The van der Waals surface area contributed by atoms with Crippen LogP contribution >= 0.6 is 11.8 Å². The summed E-state index contributed by atoms with van der Waals surface area (Å²) in [4.78, 5) is 3.95. The zero-order valence-corrected chi connectivity index (χ0v) is 12.9.